The number of nitrogens with zero attached hydrogens (tertiary/aromatic N) is 1. The molecular weight excluding hydrogens is 234 g/mol. The summed E-state index contributed by atoms with van der Waals surface area (Å²) in [5, 5.41) is 0.534. The summed E-state index contributed by atoms with van der Waals surface area (Å²) < 4.78 is 0. The van der Waals surface area contributed by atoms with Crippen molar-refractivity contribution in [2.24, 2.45) is 5.92 Å². The first kappa shape index (κ1) is 14.0. The van der Waals surface area contributed by atoms with E-state index >= 15 is 0 Å². The van der Waals surface area contributed by atoms with E-state index in [1.54, 1.807) is 6.07 Å². The van der Waals surface area contributed by atoms with Crippen LogP contribution in [0, 0.1) is 5.92 Å². The Morgan fingerprint density at radius 2 is 2.06 bits per heavy atom. The maximum Gasteiger partial charge on any atom is 0.161 e. The second-order valence-corrected chi connectivity index (χ2v) is 5.23. The first-order valence-corrected chi connectivity index (χ1v) is 6.31. The molecular formula is C14H20ClNO. The number of rotatable bonds is 5. The Morgan fingerprint density at radius 3 is 2.53 bits per heavy atom. The van der Waals surface area contributed by atoms with Crippen LogP contribution in [0.4, 0.5) is 5.69 Å². The third-order valence-electron chi connectivity index (χ3n) is 2.81. The fourth-order valence-corrected chi connectivity index (χ4v) is 1.92. The number of halogens is 1. The molecule has 0 spiro atoms. The summed E-state index contributed by atoms with van der Waals surface area (Å²) in [6.45, 7) is 6.94. The predicted octanol–water partition coefficient (Wildman–Crippen LogP) is 4.02. The van der Waals surface area contributed by atoms with Gasteiger partial charge in [0.2, 0.25) is 0 Å². The number of ketones is 1. The second kappa shape index (κ2) is 6.06. The van der Waals surface area contributed by atoms with Crippen LogP contribution in [-0.2, 0) is 0 Å². The Balaban J connectivity index is 2.79. The van der Waals surface area contributed by atoms with Crippen molar-refractivity contribution in [2.75, 3.05) is 18.5 Å². The highest BCUT2D eigenvalue weighted by Crippen LogP contribution is 2.23. The molecule has 0 saturated heterocycles. The van der Waals surface area contributed by atoms with Gasteiger partial charge >= 0.3 is 0 Å². The molecule has 1 aromatic rings. The molecule has 0 aliphatic carbocycles. The number of hydrogen-bond acceptors (Lipinski definition) is 2. The molecule has 2 nitrogen and oxygen atoms in total. The minimum atomic E-state index is 0.00591. The van der Waals surface area contributed by atoms with Crippen molar-refractivity contribution in [1.82, 2.24) is 0 Å². The van der Waals surface area contributed by atoms with Gasteiger partial charge in [-0.25, -0.2) is 0 Å². The van der Waals surface area contributed by atoms with Gasteiger partial charge in [-0.1, -0.05) is 25.4 Å². The lowest BCUT2D eigenvalue weighted by molar-refractivity contribution is 0.101. The van der Waals surface area contributed by atoms with Crippen LogP contribution in [0.1, 0.15) is 37.6 Å². The summed E-state index contributed by atoms with van der Waals surface area (Å²) in [6.07, 6.45) is 1.14. The average molecular weight is 254 g/mol. The number of benzene rings is 1. The van der Waals surface area contributed by atoms with Crippen molar-refractivity contribution in [3.63, 3.8) is 0 Å². The Morgan fingerprint density at radius 1 is 1.41 bits per heavy atom. The highest BCUT2D eigenvalue weighted by molar-refractivity contribution is 6.34. The van der Waals surface area contributed by atoms with E-state index in [0.29, 0.717) is 16.5 Å². The van der Waals surface area contributed by atoms with Crippen LogP contribution in [-0.4, -0.2) is 19.4 Å². The number of Topliss-reactive ketones (excluding diaryl/α,β-unsaturated/α-hetero) is 1. The topological polar surface area (TPSA) is 20.3 Å². The second-order valence-electron chi connectivity index (χ2n) is 4.82. The van der Waals surface area contributed by atoms with E-state index in [1.165, 1.54) is 6.92 Å². The lowest BCUT2D eigenvalue weighted by Crippen LogP contribution is -2.19. The quantitative estimate of drug-likeness (QED) is 0.739. The van der Waals surface area contributed by atoms with Crippen molar-refractivity contribution >= 4 is 23.1 Å². The monoisotopic (exact) mass is 253 g/mol. The van der Waals surface area contributed by atoms with E-state index < -0.39 is 0 Å². The fourth-order valence-electron chi connectivity index (χ4n) is 1.61. The van der Waals surface area contributed by atoms with Crippen molar-refractivity contribution in [1.29, 1.82) is 0 Å². The van der Waals surface area contributed by atoms with Crippen molar-refractivity contribution < 1.29 is 4.79 Å². The van der Waals surface area contributed by atoms with Gasteiger partial charge < -0.3 is 4.90 Å². The van der Waals surface area contributed by atoms with E-state index in [4.69, 9.17) is 11.6 Å². The zero-order valence-electron chi connectivity index (χ0n) is 11.0. The molecule has 0 aliphatic rings. The van der Waals surface area contributed by atoms with Gasteiger partial charge in [-0.3, -0.25) is 4.79 Å². The predicted molar refractivity (Wildman–Crippen MR) is 74.2 cm³/mol. The zero-order valence-corrected chi connectivity index (χ0v) is 11.7. The van der Waals surface area contributed by atoms with Crippen LogP contribution in [0.5, 0.6) is 0 Å². The number of hydrogen-bond donors (Lipinski definition) is 0. The minimum absolute atomic E-state index is 0.00591. The van der Waals surface area contributed by atoms with Crippen molar-refractivity contribution in [3.8, 4) is 0 Å². The van der Waals surface area contributed by atoms with Gasteiger partial charge in [0.1, 0.15) is 0 Å². The summed E-state index contributed by atoms with van der Waals surface area (Å²) in [4.78, 5) is 13.4. The maximum absolute atomic E-state index is 11.3. The summed E-state index contributed by atoms with van der Waals surface area (Å²) in [5.41, 5.74) is 1.65. The van der Waals surface area contributed by atoms with E-state index in [0.717, 1.165) is 18.7 Å². The van der Waals surface area contributed by atoms with Gasteiger partial charge in [0.05, 0.1) is 5.02 Å². The van der Waals surface area contributed by atoms with Crippen molar-refractivity contribution in [3.05, 3.63) is 28.8 Å². The first-order chi connectivity index (χ1) is 7.91. The Labute approximate surface area is 109 Å². The summed E-state index contributed by atoms with van der Waals surface area (Å²) in [6, 6.07) is 5.60. The molecule has 0 atom stereocenters. The molecule has 0 heterocycles. The van der Waals surface area contributed by atoms with Gasteiger partial charge in [0.15, 0.2) is 5.78 Å². The standard InChI is InChI=1S/C14H20ClNO/c1-10(2)7-8-16(4)12-5-6-13(11(3)17)14(15)9-12/h5-6,9-10H,7-8H2,1-4H3. The number of carbonyl (C=O) groups is 1. The molecule has 0 aliphatic heterocycles. The van der Waals surface area contributed by atoms with Gasteiger partial charge in [0.25, 0.3) is 0 Å². The lowest BCUT2D eigenvalue weighted by Gasteiger charge is -2.21. The molecule has 0 N–H and O–H groups in total. The Bertz CT molecular complexity index is 401. The van der Waals surface area contributed by atoms with Crippen LogP contribution >= 0.6 is 11.6 Å². The number of anilines is 1. The summed E-state index contributed by atoms with van der Waals surface area (Å²) >= 11 is 6.08. The first-order valence-electron chi connectivity index (χ1n) is 5.93. The van der Waals surface area contributed by atoms with Gasteiger partial charge in [-0.15, -0.1) is 0 Å². The third-order valence-corrected chi connectivity index (χ3v) is 3.13. The SMILES string of the molecule is CC(=O)c1ccc(N(C)CCC(C)C)cc1Cl. The molecule has 1 rings (SSSR count). The van der Waals surface area contributed by atoms with E-state index in [2.05, 4.69) is 18.7 Å². The number of carbonyl (C=O) groups excluding carboxylic acids is 1. The zero-order chi connectivity index (χ0) is 13.0. The molecule has 0 saturated carbocycles. The van der Waals surface area contributed by atoms with Crippen LogP contribution in [0.25, 0.3) is 0 Å². The Kier molecular flexibility index (Phi) is 5.01. The lowest BCUT2D eigenvalue weighted by atomic mass is 10.1. The largest absolute Gasteiger partial charge is 0.375 e. The molecule has 0 aromatic heterocycles. The van der Waals surface area contributed by atoms with Gasteiger partial charge in [0, 0.05) is 24.8 Å². The maximum atomic E-state index is 11.3. The highest BCUT2D eigenvalue weighted by atomic mass is 35.5. The normalized spacial score (nSPS) is 10.7. The summed E-state index contributed by atoms with van der Waals surface area (Å²) in [5.74, 6) is 0.691. The van der Waals surface area contributed by atoms with E-state index in [9.17, 15) is 4.79 Å². The van der Waals surface area contributed by atoms with Crippen LogP contribution < -0.4 is 4.90 Å². The molecule has 0 radical (unpaired) electrons. The fraction of sp³-hybridized carbons (Fsp3) is 0.500. The van der Waals surface area contributed by atoms with E-state index in [-0.39, 0.29) is 5.78 Å². The Hall–Kier alpha value is -1.02. The smallest absolute Gasteiger partial charge is 0.161 e. The van der Waals surface area contributed by atoms with Crippen molar-refractivity contribution in [2.45, 2.75) is 27.2 Å². The van der Waals surface area contributed by atoms with Crippen LogP contribution in [0.3, 0.4) is 0 Å². The van der Waals surface area contributed by atoms with Crippen LogP contribution in [0.2, 0.25) is 5.02 Å². The third kappa shape index (κ3) is 4.04. The van der Waals surface area contributed by atoms with Crippen LogP contribution in [0.15, 0.2) is 18.2 Å². The molecule has 0 fully saturated rings. The highest BCUT2D eigenvalue weighted by Gasteiger charge is 2.08. The minimum Gasteiger partial charge on any atom is -0.375 e. The van der Waals surface area contributed by atoms with E-state index in [1.807, 2.05) is 19.2 Å². The molecule has 3 heteroatoms. The molecule has 0 bridgehead atoms. The average Bonchev–Trinajstić information content (AvgIpc) is 2.25. The van der Waals surface area contributed by atoms with Gasteiger partial charge in [-0.05, 0) is 37.5 Å². The summed E-state index contributed by atoms with van der Waals surface area (Å²) in [7, 11) is 2.04. The molecule has 94 valence electrons. The molecule has 1 aromatic carbocycles. The molecule has 17 heavy (non-hydrogen) atoms. The molecule has 0 unspecified atom stereocenters. The molecule has 0 amide bonds. The van der Waals surface area contributed by atoms with Gasteiger partial charge in [-0.2, -0.15) is 0 Å².